The van der Waals surface area contributed by atoms with Crippen LogP contribution in [0.25, 0.3) is 0 Å². The molecule has 0 aliphatic carbocycles. The van der Waals surface area contributed by atoms with Gasteiger partial charge in [-0.3, -0.25) is 0 Å². The van der Waals surface area contributed by atoms with Crippen molar-refractivity contribution in [1.29, 1.82) is 0 Å². The first-order valence-electron chi connectivity index (χ1n) is 6.19. The predicted octanol–water partition coefficient (Wildman–Crippen LogP) is 1.54. The zero-order chi connectivity index (χ0) is 15.2. The topological polar surface area (TPSA) is 76.0 Å². The number of carbonyl (C=O) groups is 1. The van der Waals surface area contributed by atoms with Crippen LogP contribution in [0, 0.1) is 0 Å². The van der Waals surface area contributed by atoms with Gasteiger partial charge in [0.2, 0.25) is 0 Å². The third kappa shape index (κ3) is 4.68. The fourth-order valence-corrected chi connectivity index (χ4v) is 1.72. The van der Waals surface area contributed by atoms with E-state index in [0.717, 1.165) is 0 Å². The fraction of sp³-hybridized carbons (Fsp3) is 0.400. The van der Waals surface area contributed by atoms with E-state index < -0.39 is 18.2 Å². The maximum Gasteiger partial charge on any atom is 0.338 e. The normalized spacial score (nSPS) is 13.4. The summed E-state index contributed by atoms with van der Waals surface area (Å²) in [7, 11) is 1.53. The molecule has 2 N–H and O–H groups in total. The number of esters is 1. The number of benzene rings is 1. The molecule has 0 aliphatic rings. The van der Waals surface area contributed by atoms with E-state index in [4.69, 9.17) is 9.47 Å². The highest BCUT2D eigenvalue weighted by Gasteiger charge is 2.28. The summed E-state index contributed by atoms with van der Waals surface area (Å²) in [5, 5.41) is 19.2. The predicted molar refractivity (Wildman–Crippen MR) is 74.7 cm³/mol. The monoisotopic (exact) mass is 280 g/mol. The van der Waals surface area contributed by atoms with Crippen LogP contribution in [-0.4, -0.2) is 42.1 Å². The Balaban J connectivity index is 2.63. The summed E-state index contributed by atoms with van der Waals surface area (Å²) in [6, 6.07) is 6.42. The molecule has 20 heavy (non-hydrogen) atoms. The van der Waals surface area contributed by atoms with E-state index >= 15 is 0 Å². The Bertz CT molecular complexity index is 466. The van der Waals surface area contributed by atoms with Crippen LogP contribution in [0.2, 0.25) is 0 Å². The first-order valence-corrected chi connectivity index (χ1v) is 6.19. The Labute approximate surface area is 118 Å². The second kappa shape index (κ2) is 7.07. The summed E-state index contributed by atoms with van der Waals surface area (Å²) in [5.74, 6) is 0.0666. The molecule has 0 radical (unpaired) electrons. The SMILES string of the molecule is C=C(C)C[C@](O)(CO)COC(=O)c1ccc(OC)cc1. The van der Waals surface area contributed by atoms with Gasteiger partial charge < -0.3 is 19.7 Å². The van der Waals surface area contributed by atoms with Crippen LogP contribution in [0.3, 0.4) is 0 Å². The van der Waals surface area contributed by atoms with Crippen LogP contribution >= 0.6 is 0 Å². The second-order valence-corrected chi connectivity index (χ2v) is 4.82. The lowest BCUT2D eigenvalue weighted by Gasteiger charge is -2.25. The van der Waals surface area contributed by atoms with E-state index in [1.54, 1.807) is 31.2 Å². The van der Waals surface area contributed by atoms with E-state index in [0.29, 0.717) is 16.9 Å². The van der Waals surface area contributed by atoms with Gasteiger partial charge in [0.1, 0.15) is 18.0 Å². The molecule has 0 saturated carbocycles. The molecule has 1 aromatic rings. The average Bonchev–Trinajstić information content (AvgIpc) is 2.44. The summed E-state index contributed by atoms with van der Waals surface area (Å²) in [6.45, 7) is 4.60. The Morgan fingerprint density at radius 3 is 2.40 bits per heavy atom. The van der Waals surface area contributed by atoms with Crippen molar-refractivity contribution in [3.8, 4) is 5.75 Å². The van der Waals surface area contributed by atoms with Gasteiger partial charge in [-0.1, -0.05) is 5.57 Å². The first kappa shape index (κ1) is 16.2. The summed E-state index contributed by atoms with van der Waals surface area (Å²) >= 11 is 0. The van der Waals surface area contributed by atoms with Gasteiger partial charge in [-0.15, -0.1) is 6.58 Å². The van der Waals surface area contributed by atoms with Gasteiger partial charge in [0.05, 0.1) is 19.3 Å². The number of ether oxygens (including phenoxy) is 2. The molecule has 0 aliphatic heterocycles. The highest BCUT2D eigenvalue weighted by atomic mass is 16.5. The highest BCUT2D eigenvalue weighted by Crippen LogP contribution is 2.17. The van der Waals surface area contributed by atoms with Crippen LogP contribution in [0.4, 0.5) is 0 Å². The highest BCUT2D eigenvalue weighted by molar-refractivity contribution is 5.89. The van der Waals surface area contributed by atoms with Gasteiger partial charge in [-0.2, -0.15) is 0 Å². The summed E-state index contributed by atoms with van der Waals surface area (Å²) in [4.78, 5) is 11.8. The lowest BCUT2D eigenvalue weighted by atomic mass is 9.98. The molecule has 0 spiro atoms. The Morgan fingerprint density at radius 1 is 1.35 bits per heavy atom. The standard InChI is InChI=1S/C15H20O5/c1-11(2)8-15(18,9-16)10-20-14(17)12-4-6-13(19-3)7-5-12/h4-7,16,18H,1,8-10H2,2-3H3/t15-/m0/s1. The molecule has 0 amide bonds. The molecule has 0 aromatic heterocycles. The number of aliphatic hydroxyl groups excluding tert-OH is 1. The van der Waals surface area contributed by atoms with Crippen LogP contribution in [-0.2, 0) is 4.74 Å². The lowest BCUT2D eigenvalue weighted by Crippen LogP contribution is -2.39. The van der Waals surface area contributed by atoms with E-state index in [-0.39, 0.29) is 13.0 Å². The quantitative estimate of drug-likeness (QED) is 0.585. The van der Waals surface area contributed by atoms with Crippen LogP contribution < -0.4 is 4.74 Å². The molecule has 0 fully saturated rings. The number of hydrogen-bond donors (Lipinski definition) is 2. The number of hydrogen-bond acceptors (Lipinski definition) is 5. The molecular weight excluding hydrogens is 260 g/mol. The number of aliphatic hydroxyl groups is 2. The van der Waals surface area contributed by atoms with Crippen molar-refractivity contribution in [2.45, 2.75) is 18.9 Å². The van der Waals surface area contributed by atoms with E-state index in [9.17, 15) is 15.0 Å². The average molecular weight is 280 g/mol. The maximum atomic E-state index is 11.8. The van der Waals surface area contributed by atoms with Gasteiger partial charge in [0, 0.05) is 6.42 Å². The minimum Gasteiger partial charge on any atom is -0.497 e. The van der Waals surface area contributed by atoms with Crippen LogP contribution in [0.5, 0.6) is 5.75 Å². The second-order valence-electron chi connectivity index (χ2n) is 4.82. The van der Waals surface area contributed by atoms with Gasteiger partial charge in [-0.25, -0.2) is 4.79 Å². The number of methoxy groups -OCH3 is 1. The van der Waals surface area contributed by atoms with Gasteiger partial charge in [-0.05, 0) is 31.2 Å². The molecule has 0 unspecified atom stereocenters. The van der Waals surface area contributed by atoms with Gasteiger partial charge in [0.25, 0.3) is 0 Å². The molecule has 0 heterocycles. The lowest BCUT2D eigenvalue weighted by molar-refractivity contribution is -0.0628. The van der Waals surface area contributed by atoms with Crippen molar-refractivity contribution in [3.05, 3.63) is 42.0 Å². The first-order chi connectivity index (χ1) is 9.40. The Kier molecular flexibility index (Phi) is 5.73. The molecule has 5 nitrogen and oxygen atoms in total. The molecule has 1 atom stereocenters. The van der Waals surface area contributed by atoms with Crippen molar-refractivity contribution < 1.29 is 24.5 Å². The van der Waals surface area contributed by atoms with Crippen molar-refractivity contribution in [2.75, 3.05) is 20.3 Å². The third-order valence-electron chi connectivity index (χ3n) is 2.72. The van der Waals surface area contributed by atoms with Crippen molar-refractivity contribution in [2.24, 2.45) is 0 Å². The van der Waals surface area contributed by atoms with Crippen molar-refractivity contribution >= 4 is 5.97 Å². The largest absolute Gasteiger partial charge is 0.497 e. The Hall–Kier alpha value is -1.85. The zero-order valence-electron chi connectivity index (χ0n) is 11.8. The van der Waals surface area contributed by atoms with Crippen LogP contribution in [0.1, 0.15) is 23.7 Å². The molecule has 0 saturated heterocycles. The summed E-state index contributed by atoms with van der Waals surface area (Å²) < 4.78 is 10.0. The number of rotatable bonds is 7. The smallest absolute Gasteiger partial charge is 0.338 e. The molecule has 1 rings (SSSR count). The molecule has 110 valence electrons. The van der Waals surface area contributed by atoms with E-state index in [2.05, 4.69) is 6.58 Å². The molecule has 1 aromatic carbocycles. The number of carbonyl (C=O) groups excluding carboxylic acids is 1. The summed E-state index contributed by atoms with van der Waals surface area (Å²) in [6.07, 6.45) is 0.166. The van der Waals surface area contributed by atoms with Gasteiger partial charge >= 0.3 is 5.97 Å². The zero-order valence-corrected chi connectivity index (χ0v) is 11.8. The summed E-state index contributed by atoms with van der Waals surface area (Å²) in [5.41, 5.74) is -0.447. The minimum atomic E-state index is -1.49. The molecule has 0 bridgehead atoms. The van der Waals surface area contributed by atoms with Gasteiger partial charge in [0.15, 0.2) is 0 Å². The van der Waals surface area contributed by atoms with E-state index in [1.165, 1.54) is 7.11 Å². The molecule has 5 heteroatoms. The third-order valence-corrected chi connectivity index (χ3v) is 2.72. The van der Waals surface area contributed by atoms with E-state index in [1.807, 2.05) is 0 Å². The molecular formula is C15H20O5. The minimum absolute atomic E-state index is 0.166. The van der Waals surface area contributed by atoms with Crippen LogP contribution in [0.15, 0.2) is 36.4 Å². The van der Waals surface area contributed by atoms with Crippen molar-refractivity contribution in [3.63, 3.8) is 0 Å². The Morgan fingerprint density at radius 2 is 1.95 bits per heavy atom. The maximum absolute atomic E-state index is 11.8. The fourth-order valence-electron chi connectivity index (χ4n) is 1.72. The van der Waals surface area contributed by atoms with Crippen molar-refractivity contribution in [1.82, 2.24) is 0 Å².